The lowest BCUT2D eigenvalue weighted by molar-refractivity contribution is -0.127. The van der Waals surface area contributed by atoms with Crippen molar-refractivity contribution in [1.29, 1.82) is 0 Å². The molecule has 5 nitrogen and oxygen atoms in total. The number of carbonyl (C=O) groups is 2. The van der Waals surface area contributed by atoms with E-state index in [9.17, 15) is 9.59 Å². The van der Waals surface area contributed by atoms with Crippen LogP contribution < -0.4 is 10.6 Å². The fourth-order valence-corrected chi connectivity index (χ4v) is 3.85. The van der Waals surface area contributed by atoms with Crippen LogP contribution in [-0.4, -0.2) is 42.9 Å². The Morgan fingerprint density at radius 3 is 2.67 bits per heavy atom. The SMILES string of the molecule is O=C1CN(CC(=O)NC(c2ccccc2)C2CCCCC2)CCN1. The summed E-state index contributed by atoms with van der Waals surface area (Å²) in [5, 5.41) is 6.04. The summed E-state index contributed by atoms with van der Waals surface area (Å²) in [5.74, 6) is 0.528. The number of rotatable bonds is 5. The zero-order valence-electron chi connectivity index (χ0n) is 14.2. The van der Waals surface area contributed by atoms with Crippen molar-refractivity contribution in [3.63, 3.8) is 0 Å². The van der Waals surface area contributed by atoms with Crippen molar-refractivity contribution in [3.8, 4) is 0 Å². The maximum absolute atomic E-state index is 12.6. The predicted molar refractivity (Wildman–Crippen MR) is 93.4 cm³/mol. The van der Waals surface area contributed by atoms with Crippen LogP contribution in [0.25, 0.3) is 0 Å². The Balaban J connectivity index is 1.64. The van der Waals surface area contributed by atoms with E-state index in [1.54, 1.807) is 0 Å². The quantitative estimate of drug-likeness (QED) is 0.867. The van der Waals surface area contributed by atoms with E-state index >= 15 is 0 Å². The van der Waals surface area contributed by atoms with Crippen LogP contribution in [0, 0.1) is 5.92 Å². The Kier molecular flexibility index (Phi) is 5.86. The first-order valence-corrected chi connectivity index (χ1v) is 9.06. The second-order valence-electron chi connectivity index (χ2n) is 6.91. The van der Waals surface area contributed by atoms with E-state index in [-0.39, 0.29) is 17.9 Å². The van der Waals surface area contributed by atoms with Crippen molar-refractivity contribution >= 4 is 11.8 Å². The standard InChI is InChI=1S/C19H27N3O2/c23-17-13-22(12-11-20-17)14-18(24)21-19(15-7-3-1-4-8-15)16-9-5-2-6-10-16/h1,3-4,7-8,16,19H,2,5-6,9-14H2,(H,20,23)(H,21,24). The average Bonchev–Trinajstić information content (AvgIpc) is 2.61. The second kappa shape index (κ2) is 8.29. The maximum Gasteiger partial charge on any atom is 0.234 e. The van der Waals surface area contributed by atoms with Gasteiger partial charge in [0.25, 0.3) is 0 Å². The number of carbonyl (C=O) groups excluding carboxylic acids is 2. The van der Waals surface area contributed by atoms with Crippen molar-refractivity contribution in [2.45, 2.75) is 38.1 Å². The first-order chi connectivity index (χ1) is 11.7. The number of nitrogens with zero attached hydrogens (tertiary/aromatic N) is 1. The number of benzene rings is 1. The summed E-state index contributed by atoms with van der Waals surface area (Å²) in [6.45, 7) is 1.96. The molecule has 3 rings (SSSR count). The Morgan fingerprint density at radius 1 is 1.21 bits per heavy atom. The van der Waals surface area contributed by atoms with Gasteiger partial charge >= 0.3 is 0 Å². The number of nitrogens with one attached hydrogen (secondary N) is 2. The molecule has 24 heavy (non-hydrogen) atoms. The molecule has 1 saturated heterocycles. The lowest BCUT2D eigenvalue weighted by Crippen LogP contribution is -2.51. The molecule has 1 aromatic carbocycles. The molecule has 1 aliphatic carbocycles. The van der Waals surface area contributed by atoms with Gasteiger partial charge < -0.3 is 10.6 Å². The number of piperazine rings is 1. The third-order valence-corrected chi connectivity index (χ3v) is 5.08. The molecule has 130 valence electrons. The van der Waals surface area contributed by atoms with Crippen LogP contribution >= 0.6 is 0 Å². The Morgan fingerprint density at radius 2 is 1.96 bits per heavy atom. The smallest absolute Gasteiger partial charge is 0.234 e. The third kappa shape index (κ3) is 4.57. The summed E-state index contributed by atoms with van der Waals surface area (Å²) < 4.78 is 0. The van der Waals surface area contributed by atoms with Gasteiger partial charge in [0.15, 0.2) is 0 Å². The van der Waals surface area contributed by atoms with Crippen molar-refractivity contribution in [1.82, 2.24) is 15.5 Å². The maximum atomic E-state index is 12.6. The summed E-state index contributed by atoms with van der Waals surface area (Å²) in [7, 11) is 0. The van der Waals surface area contributed by atoms with Gasteiger partial charge in [0.2, 0.25) is 11.8 Å². The van der Waals surface area contributed by atoms with E-state index in [2.05, 4.69) is 22.8 Å². The largest absolute Gasteiger partial charge is 0.354 e. The van der Waals surface area contributed by atoms with E-state index < -0.39 is 0 Å². The lowest BCUT2D eigenvalue weighted by Gasteiger charge is -2.32. The minimum absolute atomic E-state index is 0.000870. The topological polar surface area (TPSA) is 61.4 Å². The minimum atomic E-state index is 0.000870. The monoisotopic (exact) mass is 329 g/mol. The van der Waals surface area contributed by atoms with Gasteiger partial charge in [-0.2, -0.15) is 0 Å². The molecule has 1 saturated carbocycles. The predicted octanol–water partition coefficient (Wildman–Crippen LogP) is 1.86. The summed E-state index contributed by atoms with van der Waals surface area (Å²) in [6, 6.07) is 10.4. The van der Waals surface area contributed by atoms with Crippen LogP contribution in [-0.2, 0) is 9.59 Å². The Bertz CT molecular complexity index is 555. The minimum Gasteiger partial charge on any atom is -0.354 e. The van der Waals surface area contributed by atoms with Crippen LogP contribution in [0.4, 0.5) is 0 Å². The van der Waals surface area contributed by atoms with Crippen LogP contribution in [0.5, 0.6) is 0 Å². The summed E-state index contributed by atoms with van der Waals surface area (Å²) >= 11 is 0. The van der Waals surface area contributed by atoms with Gasteiger partial charge in [-0.3, -0.25) is 14.5 Å². The molecule has 2 aliphatic rings. The highest BCUT2D eigenvalue weighted by atomic mass is 16.2. The molecule has 1 unspecified atom stereocenters. The molecule has 1 aliphatic heterocycles. The molecule has 1 aromatic rings. The van der Waals surface area contributed by atoms with E-state index in [1.165, 1.54) is 37.7 Å². The van der Waals surface area contributed by atoms with Gasteiger partial charge in [-0.25, -0.2) is 0 Å². The van der Waals surface area contributed by atoms with Gasteiger partial charge in [0, 0.05) is 13.1 Å². The van der Waals surface area contributed by atoms with Crippen molar-refractivity contribution in [2.24, 2.45) is 5.92 Å². The number of amides is 2. The normalized spacial score (nSPS) is 21.1. The van der Waals surface area contributed by atoms with Crippen LogP contribution in [0.15, 0.2) is 30.3 Å². The van der Waals surface area contributed by atoms with Crippen molar-refractivity contribution in [2.75, 3.05) is 26.2 Å². The Labute approximate surface area is 143 Å². The molecular formula is C19H27N3O2. The van der Waals surface area contributed by atoms with E-state index in [4.69, 9.17) is 0 Å². The molecule has 0 radical (unpaired) electrons. The van der Waals surface area contributed by atoms with Crippen molar-refractivity contribution < 1.29 is 9.59 Å². The number of hydrogen-bond donors (Lipinski definition) is 2. The van der Waals surface area contributed by atoms with Gasteiger partial charge in [-0.05, 0) is 24.3 Å². The molecule has 0 bridgehead atoms. The summed E-state index contributed by atoms with van der Waals surface area (Å²) in [6.07, 6.45) is 6.14. The molecular weight excluding hydrogens is 302 g/mol. The Hall–Kier alpha value is -1.88. The number of hydrogen-bond acceptors (Lipinski definition) is 3. The molecule has 0 spiro atoms. The van der Waals surface area contributed by atoms with Crippen LogP contribution in [0.1, 0.15) is 43.7 Å². The van der Waals surface area contributed by atoms with E-state index in [0.717, 1.165) is 6.54 Å². The van der Waals surface area contributed by atoms with Gasteiger partial charge in [0.1, 0.15) is 0 Å². The fourth-order valence-electron chi connectivity index (χ4n) is 3.85. The van der Waals surface area contributed by atoms with E-state index in [1.807, 2.05) is 23.1 Å². The first kappa shape index (κ1) is 17.0. The van der Waals surface area contributed by atoms with E-state index in [0.29, 0.717) is 25.6 Å². The van der Waals surface area contributed by atoms with Crippen LogP contribution in [0.2, 0.25) is 0 Å². The summed E-state index contributed by atoms with van der Waals surface area (Å²) in [4.78, 5) is 25.9. The molecule has 5 heteroatoms. The van der Waals surface area contributed by atoms with Gasteiger partial charge in [0.05, 0.1) is 19.1 Å². The fraction of sp³-hybridized carbons (Fsp3) is 0.579. The molecule has 1 heterocycles. The van der Waals surface area contributed by atoms with Crippen LogP contribution in [0.3, 0.4) is 0 Å². The second-order valence-corrected chi connectivity index (χ2v) is 6.91. The lowest BCUT2D eigenvalue weighted by atomic mass is 9.81. The average molecular weight is 329 g/mol. The van der Waals surface area contributed by atoms with Crippen molar-refractivity contribution in [3.05, 3.63) is 35.9 Å². The highest BCUT2D eigenvalue weighted by molar-refractivity contribution is 5.82. The molecule has 2 fully saturated rings. The molecule has 2 amide bonds. The van der Waals surface area contributed by atoms with Gasteiger partial charge in [-0.15, -0.1) is 0 Å². The highest BCUT2D eigenvalue weighted by Gasteiger charge is 2.27. The summed E-state index contributed by atoms with van der Waals surface area (Å²) in [5.41, 5.74) is 1.19. The molecule has 0 aromatic heterocycles. The zero-order chi connectivity index (χ0) is 16.8. The molecule has 1 atom stereocenters. The first-order valence-electron chi connectivity index (χ1n) is 9.06. The third-order valence-electron chi connectivity index (χ3n) is 5.08. The van der Waals surface area contributed by atoms with Gasteiger partial charge in [-0.1, -0.05) is 49.6 Å². The zero-order valence-corrected chi connectivity index (χ0v) is 14.2. The highest BCUT2D eigenvalue weighted by Crippen LogP contribution is 2.34. The molecule has 2 N–H and O–H groups in total.